The van der Waals surface area contributed by atoms with E-state index < -0.39 is 31.7 Å². The van der Waals surface area contributed by atoms with E-state index in [0.29, 0.717) is 23.1 Å². The molecule has 0 aliphatic carbocycles. The first-order valence-corrected chi connectivity index (χ1v) is 19.8. The van der Waals surface area contributed by atoms with Crippen molar-refractivity contribution in [3.63, 3.8) is 0 Å². The van der Waals surface area contributed by atoms with Crippen molar-refractivity contribution in [3.05, 3.63) is 117 Å². The molecule has 0 spiro atoms. The minimum Gasteiger partial charge on any atom is -0.748 e. The number of nitrogens with zero attached hydrogens (tertiary/aromatic N) is 3. The van der Waals surface area contributed by atoms with Crippen molar-refractivity contribution in [2.75, 3.05) is 23.0 Å². The van der Waals surface area contributed by atoms with Crippen molar-refractivity contribution < 1.29 is 81.9 Å². The Morgan fingerprint density at radius 3 is 2.33 bits per heavy atom. The molecule has 16 heteroatoms. The first kappa shape index (κ1) is 39.4. The van der Waals surface area contributed by atoms with Crippen molar-refractivity contribution in [3.8, 4) is 0 Å². The molecule has 5 rings (SSSR count). The molecule has 1 aliphatic heterocycles. The van der Waals surface area contributed by atoms with Crippen LogP contribution in [0.15, 0.2) is 101 Å². The van der Waals surface area contributed by atoms with Gasteiger partial charge in [0.15, 0.2) is 6.54 Å². The van der Waals surface area contributed by atoms with Gasteiger partial charge >= 0.3 is 51.4 Å². The molecule has 0 saturated carbocycles. The number of aryl methyl sites for hydroxylation is 1. The van der Waals surface area contributed by atoms with Gasteiger partial charge in [0.05, 0.1) is 31.0 Å². The second kappa shape index (κ2) is 17.7. The van der Waals surface area contributed by atoms with E-state index in [1.54, 1.807) is 24.5 Å². The number of rotatable bonds is 13. The molecular formula is C32H28Cl2KN3O6S4. The molecule has 0 amide bonds. The fourth-order valence-electron chi connectivity index (χ4n) is 4.92. The number of anilines is 1. The Balaban J connectivity index is 0.00000520. The summed E-state index contributed by atoms with van der Waals surface area (Å²) in [4.78, 5) is 7.06. The molecule has 4 aromatic rings. The molecule has 2 aromatic carbocycles. The van der Waals surface area contributed by atoms with Crippen LogP contribution < -0.4 is 60.9 Å². The summed E-state index contributed by atoms with van der Waals surface area (Å²) in [6.07, 6.45) is 15.3. The summed E-state index contributed by atoms with van der Waals surface area (Å²) in [5.41, 5.74) is 3.50. The minimum absolute atomic E-state index is 0. The largest absolute Gasteiger partial charge is 1.00 e. The van der Waals surface area contributed by atoms with Gasteiger partial charge < -0.3 is 14.0 Å². The zero-order valence-corrected chi connectivity index (χ0v) is 33.6. The number of benzene rings is 2. The fraction of sp³-hybridized carbons (Fsp3) is 0.188. The topological polar surface area (TPSA) is 134 Å². The van der Waals surface area contributed by atoms with Gasteiger partial charge in [0.2, 0.25) is 5.52 Å². The Labute approximate surface area is 341 Å². The van der Waals surface area contributed by atoms with Crippen LogP contribution in [0.25, 0.3) is 21.9 Å². The van der Waals surface area contributed by atoms with Gasteiger partial charge in [-0.3, -0.25) is 4.98 Å². The van der Waals surface area contributed by atoms with Gasteiger partial charge in [-0.05, 0) is 66.1 Å². The monoisotopic (exact) mass is 787 g/mol. The number of hydrogen-bond donors (Lipinski definition) is 0. The van der Waals surface area contributed by atoms with Gasteiger partial charge in [0.25, 0.3) is 5.01 Å². The fourth-order valence-corrected chi connectivity index (χ4v) is 8.38. The van der Waals surface area contributed by atoms with E-state index in [1.807, 2.05) is 82.3 Å². The normalized spacial score (nSPS) is 14.8. The number of aromatic nitrogens is 2. The molecule has 0 saturated heterocycles. The SMILES string of the molecule is O=S(=O)([O-])CCCN1C(=CC=CC(=CC=Cc2sc3ccc(Cl)cc3[n+]2CCCS(=O)(=O)[O-])c2ccncc2)Sc2ccc(Cl)cc21.[K+]. The zero-order valence-electron chi connectivity index (χ0n) is 25.7. The van der Waals surface area contributed by atoms with E-state index in [0.717, 1.165) is 42.0 Å². The summed E-state index contributed by atoms with van der Waals surface area (Å²) in [5, 5.41) is 2.82. The van der Waals surface area contributed by atoms with Crippen LogP contribution in [0, 0.1) is 0 Å². The third-order valence-corrected chi connectivity index (χ3v) is 11.3. The third kappa shape index (κ3) is 11.3. The number of hydrogen-bond acceptors (Lipinski definition) is 10. The Hall–Kier alpha value is -1.37. The van der Waals surface area contributed by atoms with Crippen molar-refractivity contribution in [1.29, 1.82) is 0 Å². The average molecular weight is 789 g/mol. The van der Waals surface area contributed by atoms with Crippen LogP contribution in [0.1, 0.15) is 23.4 Å². The summed E-state index contributed by atoms with van der Waals surface area (Å²) in [6.45, 7) is 0.663. The first-order valence-electron chi connectivity index (χ1n) is 14.3. The van der Waals surface area contributed by atoms with Gasteiger partial charge in [-0.2, -0.15) is 4.57 Å². The van der Waals surface area contributed by atoms with E-state index in [-0.39, 0.29) is 64.2 Å². The van der Waals surface area contributed by atoms with E-state index in [9.17, 15) is 25.9 Å². The Kier molecular flexibility index (Phi) is 14.5. The van der Waals surface area contributed by atoms with Crippen molar-refractivity contribution in [2.24, 2.45) is 0 Å². The average Bonchev–Trinajstić information content (AvgIpc) is 3.52. The number of fused-ring (bicyclic) bond motifs is 2. The molecule has 0 unspecified atom stereocenters. The van der Waals surface area contributed by atoms with Crippen molar-refractivity contribution >= 4 is 94.1 Å². The third-order valence-electron chi connectivity index (χ3n) is 6.98. The maximum Gasteiger partial charge on any atom is 1.00 e. The molecule has 9 nitrogen and oxygen atoms in total. The van der Waals surface area contributed by atoms with Crippen LogP contribution in [-0.2, 0) is 26.8 Å². The van der Waals surface area contributed by atoms with Crippen LogP contribution in [0.5, 0.6) is 0 Å². The summed E-state index contributed by atoms with van der Waals surface area (Å²) in [7, 11) is -8.67. The summed E-state index contributed by atoms with van der Waals surface area (Å²) in [6, 6.07) is 14.8. The van der Waals surface area contributed by atoms with Crippen LogP contribution in [0.2, 0.25) is 10.0 Å². The molecule has 3 heterocycles. The van der Waals surface area contributed by atoms with E-state index in [4.69, 9.17) is 23.2 Å². The van der Waals surface area contributed by atoms with E-state index in [2.05, 4.69) is 4.98 Å². The summed E-state index contributed by atoms with van der Waals surface area (Å²) in [5.74, 6) is -0.919. The van der Waals surface area contributed by atoms with Crippen LogP contribution in [-0.4, -0.2) is 49.0 Å². The molecule has 0 fully saturated rings. The molecular weight excluding hydrogens is 761 g/mol. The Bertz CT molecular complexity index is 2120. The summed E-state index contributed by atoms with van der Waals surface area (Å²) < 4.78 is 70.3. The molecule has 0 N–H and O–H groups in total. The number of thiazole rings is 1. The second-order valence-corrected chi connectivity index (χ2v) is 16.4. The standard InChI is InChI=1S/C32H29Cl2N3O6S4.K/c33-25-9-11-29-27(21-25)36(17-3-19-46(38,39)40)31(44-29)7-1-5-23(24-13-15-35-16-14-24)6-2-8-32-37(18-4-20-47(41,42)43)28-22-26(34)10-12-30(28)45-32;/h1-2,5-16,21-22H,3-4,17-20H2,(H-,38,39,40,41,42,43);/q;+1/p-1. The van der Waals surface area contributed by atoms with Gasteiger partial charge in [-0.1, -0.05) is 70.6 Å². The maximum atomic E-state index is 11.2. The van der Waals surface area contributed by atoms with E-state index >= 15 is 0 Å². The van der Waals surface area contributed by atoms with Crippen molar-refractivity contribution in [2.45, 2.75) is 24.3 Å². The smallest absolute Gasteiger partial charge is 0.748 e. The molecule has 0 atom stereocenters. The quantitative estimate of drug-likeness (QED) is 0.0857. The number of pyridine rings is 1. The van der Waals surface area contributed by atoms with Gasteiger partial charge in [0, 0.05) is 63.9 Å². The van der Waals surface area contributed by atoms with Crippen LogP contribution in [0.4, 0.5) is 5.69 Å². The molecule has 1 aliphatic rings. The molecule has 0 bridgehead atoms. The van der Waals surface area contributed by atoms with Gasteiger partial charge in [-0.15, -0.1) is 0 Å². The molecule has 0 radical (unpaired) electrons. The van der Waals surface area contributed by atoms with E-state index in [1.165, 1.54) is 23.1 Å². The molecule has 2 aromatic heterocycles. The predicted octanol–water partition coefficient (Wildman–Crippen LogP) is 3.87. The number of halogens is 2. The maximum absolute atomic E-state index is 11.2. The predicted molar refractivity (Wildman–Crippen MR) is 189 cm³/mol. The summed E-state index contributed by atoms with van der Waals surface area (Å²) >= 11 is 15.6. The molecule has 48 heavy (non-hydrogen) atoms. The Morgan fingerprint density at radius 1 is 0.917 bits per heavy atom. The minimum atomic E-state index is -4.34. The molecule has 246 valence electrons. The van der Waals surface area contributed by atoms with Crippen molar-refractivity contribution in [1.82, 2.24) is 4.98 Å². The number of thioether (sulfide) groups is 1. The second-order valence-electron chi connectivity index (χ2n) is 10.4. The van der Waals surface area contributed by atoms with Gasteiger partial charge in [-0.25, -0.2) is 16.8 Å². The van der Waals surface area contributed by atoms with Crippen LogP contribution in [0.3, 0.4) is 0 Å². The van der Waals surface area contributed by atoms with Gasteiger partial charge in [0.1, 0.15) is 4.70 Å². The zero-order chi connectivity index (χ0) is 33.6. The van der Waals surface area contributed by atoms with Crippen LogP contribution >= 0.6 is 46.3 Å². The Morgan fingerprint density at radius 2 is 1.60 bits per heavy atom. The first-order chi connectivity index (χ1) is 22.4. The number of allylic oxidation sites excluding steroid dienone is 6.